The Hall–Kier alpha value is -3.19. The van der Waals surface area contributed by atoms with E-state index >= 15 is 0 Å². The molecule has 3 N–H and O–H groups in total. The Morgan fingerprint density at radius 2 is 1.76 bits per heavy atom. The molecule has 3 aromatic rings. The molecule has 0 saturated heterocycles. The van der Waals surface area contributed by atoms with Crippen molar-refractivity contribution in [2.24, 2.45) is 0 Å². The predicted molar refractivity (Wildman–Crippen MR) is 134 cm³/mol. The standard InChI is InChI=1S/C26H35N3O4/c1-6-20(7-2)33-26(30)28-19-10-8-18(9-11-19)25-24(27)22-13-12-21(32-15-14-31-5)16-23(22)29(25)17(3)4/h8-13,16-17,20H,6-7,14-15,27H2,1-5H3,(H,28,30). The summed E-state index contributed by atoms with van der Waals surface area (Å²) in [4.78, 5) is 12.2. The van der Waals surface area contributed by atoms with Crippen molar-refractivity contribution in [2.75, 3.05) is 31.4 Å². The van der Waals surface area contributed by atoms with Crippen LogP contribution in [-0.2, 0) is 9.47 Å². The van der Waals surface area contributed by atoms with E-state index in [9.17, 15) is 4.79 Å². The molecule has 0 fully saturated rings. The lowest BCUT2D eigenvalue weighted by Gasteiger charge is -2.17. The molecule has 7 heteroatoms. The number of nitrogens with one attached hydrogen (secondary N) is 1. The molecule has 0 aliphatic carbocycles. The quantitative estimate of drug-likeness (QED) is 0.355. The Balaban J connectivity index is 1.90. The first-order valence-corrected chi connectivity index (χ1v) is 11.5. The molecule has 178 valence electrons. The molecule has 0 spiro atoms. The lowest BCUT2D eigenvalue weighted by atomic mass is 10.1. The van der Waals surface area contributed by atoms with Crippen molar-refractivity contribution in [1.29, 1.82) is 0 Å². The number of hydrogen-bond acceptors (Lipinski definition) is 5. The Morgan fingerprint density at radius 1 is 1.06 bits per heavy atom. The summed E-state index contributed by atoms with van der Waals surface area (Å²) in [5, 5.41) is 3.78. The summed E-state index contributed by atoms with van der Waals surface area (Å²) >= 11 is 0. The van der Waals surface area contributed by atoms with Crippen molar-refractivity contribution < 1.29 is 19.0 Å². The van der Waals surface area contributed by atoms with Crippen molar-refractivity contribution in [3.63, 3.8) is 0 Å². The van der Waals surface area contributed by atoms with E-state index in [0.29, 0.717) is 18.9 Å². The fourth-order valence-electron chi connectivity index (χ4n) is 3.95. The summed E-state index contributed by atoms with van der Waals surface area (Å²) in [6, 6.07) is 13.8. The van der Waals surface area contributed by atoms with Gasteiger partial charge in [-0.25, -0.2) is 4.79 Å². The van der Waals surface area contributed by atoms with E-state index in [4.69, 9.17) is 19.9 Å². The minimum atomic E-state index is -0.437. The summed E-state index contributed by atoms with van der Waals surface area (Å²) < 4.78 is 18.5. The van der Waals surface area contributed by atoms with Gasteiger partial charge in [-0.3, -0.25) is 5.32 Å². The molecule has 33 heavy (non-hydrogen) atoms. The van der Waals surface area contributed by atoms with Gasteiger partial charge in [0.15, 0.2) is 0 Å². The van der Waals surface area contributed by atoms with Crippen molar-refractivity contribution in [3.05, 3.63) is 42.5 Å². The summed E-state index contributed by atoms with van der Waals surface area (Å²) in [5.74, 6) is 0.779. The van der Waals surface area contributed by atoms with Crippen LogP contribution in [0.4, 0.5) is 16.2 Å². The molecule has 1 aromatic heterocycles. The average Bonchev–Trinajstić information content (AvgIpc) is 3.10. The Kier molecular flexibility index (Phi) is 8.22. The second-order valence-electron chi connectivity index (χ2n) is 8.29. The molecular weight excluding hydrogens is 418 g/mol. The molecule has 0 aliphatic heterocycles. The third-order valence-electron chi connectivity index (χ3n) is 5.68. The van der Waals surface area contributed by atoms with Gasteiger partial charge >= 0.3 is 6.09 Å². The maximum Gasteiger partial charge on any atom is 0.411 e. The molecule has 0 atom stereocenters. The molecule has 7 nitrogen and oxygen atoms in total. The molecular formula is C26H35N3O4. The fraction of sp³-hybridized carbons (Fsp3) is 0.423. The molecule has 0 aliphatic rings. The number of ether oxygens (including phenoxy) is 3. The van der Waals surface area contributed by atoms with Crippen molar-refractivity contribution in [3.8, 4) is 17.0 Å². The van der Waals surface area contributed by atoms with Crippen LogP contribution in [0.15, 0.2) is 42.5 Å². The summed E-state index contributed by atoms with van der Waals surface area (Å²) in [7, 11) is 1.65. The first kappa shape index (κ1) is 24.5. The van der Waals surface area contributed by atoms with E-state index in [1.165, 1.54) is 0 Å². The number of carbonyl (C=O) groups is 1. The van der Waals surface area contributed by atoms with Crippen molar-refractivity contribution in [2.45, 2.75) is 52.7 Å². The zero-order chi connectivity index (χ0) is 24.0. The molecule has 3 rings (SSSR count). The first-order valence-electron chi connectivity index (χ1n) is 11.5. The van der Waals surface area contributed by atoms with Crippen LogP contribution in [0.5, 0.6) is 5.75 Å². The van der Waals surface area contributed by atoms with Gasteiger partial charge in [-0.1, -0.05) is 26.0 Å². The van der Waals surface area contributed by atoms with Crippen LogP contribution in [0, 0.1) is 0 Å². The van der Waals surface area contributed by atoms with E-state index in [1.54, 1.807) is 7.11 Å². The number of methoxy groups -OCH3 is 1. The molecule has 0 saturated carbocycles. The van der Waals surface area contributed by atoms with E-state index in [1.807, 2.05) is 56.3 Å². The summed E-state index contributed by atoms with van der Waals surface area (Å²) in [6.45, 7) is 9.28. The Labute approximate surface area is 195 Å². The van der Waals surface area contributed by atoms with E-state index in [2.05, 4.69) is 23.7 Å². The number of anilines is 2. The number of rotatable bonds is 10. The van der Waals surface area contributed by atoms with Gasteiger partial charge in [0.2, 0.25) is 0 Å². The monoisotopic (exact) mass is 453 g/mol. The highest BCUT2D eigenvalue weighted by Crippen LogP contribution is 2.40. The number of nitrogens with zero attached hydrogens (tertiary/aromatic N) is 1. The highest BCUT2D eigenvalue weighted by atomic mass is 16.6. The van der Waals surface area contributed by atoms with Crippen LogP contribution < -0.4 is 15.8 Å². The zero-order valence-electron chi connectivity index (χ0n) is 20.2. The molecule has 1 heterocycles. The number of amides is 1. The molecule has 2 aromatic carbocycles. The SMILES string of the molecule is CCC(CC)OC(=O)Nc1ccc(-c2c(N)c3ccc(OCCOC)cc3n2C(C)C)cc1. The Morgan fingerprint density at radius 3 is 2.36 bits per heavy atom. The number of benzene rings is 2. The minimum absolute atomic E-state index is 0.0748. The largest absolute Gasteiger partial charge is 0.491 e. The van der Waals surface area contributed by atoms with Crippen LogP contribution >= 0.6 is 0 Å². The Bertz CT molecular complexity index is 1070. The lowest BCUT2D eigenvalue weighted by Crippen LogP contribution is -2.21. The molecule has 1 amide bonds. The third-order valence-corrected chi connectivity index (χ3v) is 5.68. The smallest absolute Gasteiger partial charge is 0.411 e. The maximum atomic E-state index is 12.2. The molecule has 0 radical (unpaired) electrons. The third kappa shape index (κ3) is 5.60. The number of fused-ring (bicyclic) bond motifs is 1. The second-order valence-corrected chi connectivity index (χ2v) is 8.29. The number of carbonyl (C=O) groups excluding carboxylic acids is 1. The average molecular weight is 454 g/mol. The second kappa shape index (κ2) is 11.1. The first-order chi connectivity index (χ1) is 15.9. The van der Waals surface area contributed by atoms with Gasteiger partial charge in [0.05, 0.1) is 23.5 Å². The van der Waals surface area contributed by atoms with Gasteiger partial charge in [0.25, 0.3) is 0 Å². The van der Waals surface area contributed by atoms with Crippen LogP contribution in [-0.4, -0.2) is 37.1 Å². The number of aromatic nitrogens is 1. The van der Waals surface area contributed by atoms with Crippen LogP contribution in [0.2, 0.25) is 0 Å². The molecule has 0 unspecified atom stereocenters. The van der Waals surface area contributed by atoms with Gasteiger partial charge < -0.3 is 24.5 Å². The van der Waals surface area contributed by atoms with Gasteiger partial charge in [-0.05, 0) is 51.0 Å². The van der Waals surface area contributed by atoms with Crippen LogP contribution in [0.3, 0.4) is 0 Å². The van der Waals surface area contributed by atoms with Gasteiger partial charge in [0.1, 0.15) is 18.5 Å². The molecule has 0 bridgehead atoms. The zero-order valence-corrected chi connectivity index (χ0v) is 20.2. The highest BCUT2D eigenvalue weighted by Gasteiger charge is 2.19. The minimum Gasteiger partial charge on any atom is -0.491 e. The topological polar surface area (TPSA) is 87.7 Å². The van der Waals surface area contributed by atoms with E-state index < -0.39 is 6.09 Å². The number of hydrogen-bond donors (Lipinski definition) is 2. The number of nitrogen functional groups attached to an aromatic ring is 1. The van der Waals surface area contributed by atoms with Crippen molar-refractivity contribution >= 4 is 28.4 Å². The normalized spacial score (nSPS) is 11.4. The van der Waals surface area contributed by atoms with Crippen LogP contribution in [0.1, 0.15) is 46.6 Å². The maximum absolute atomic E-state index is 12.2. The summed E-state index contributed by atoms with van der Waals surface area (Å²) in [6.07, 6.45) is 1.07. The highest BCUT2D eigenvalue weighted by molar-refractivity contribution is 6.01. The number of nitrogens with two attached hydrogens (primary N) is 1. The lowest BCUT2D eigenvalue weighted by molar-refractivity contribution is 0.106. The van der Waals surface area contributed by atoms with Gasteiger partial charge in [-0.15, -0.1) is 0 Å². The van der Waals surface area contributed by atoms with Gasteiger partial charge in [-0.2, -0.15) is 0 Å². The summed E-state index contributed by atoms with van der Waals surface area (Å²) in [5.41, 5.74) is 10.9. The fourth-order valence-corrected chi connectivity index (χ4v) is 3.95. The van der Waals surface area contributed by atoms with Crippen LogP contribution in [0.25, 0.3) is 22.2 Å². The van der Waals surface area contributed by atoms with E-state index in [-0.39, 0.29) is 12.1 Å². The van der Waals surface area contributed by atoms with Crippen molar-refractivity contribution in [1.82, 2.24) is 4.57 Å². The predicted octanol–water partition coefficient (Wildman–Crippen LogP) is 6.23. The van der Waals surface area contributed by atoms with Gasteiger partial charge in [0, 0.05) is 35.9 Å². The van der Waals surface area contributed by atoms with E-state index in [0.717, 1.165) is 46.4 Å².